The van der Waals surface area contributed by atoms with E-state index in [2.05, 4.69) is 0 Å². The molecule has 0 saturated heterocycles. The Morgan fingerprint density at radius 3 is 2.52 bits per heavy atom. The smallest absolute Gasteiger partial charge is 0.303 e. The Morgan fingerprint density at radius 2 is 1.86 bits per heavy atom. The average Bonchev–Trinajstić information content (AvgIpc) is 2.48. The Morgan fingerprint density at radius 1 is 1.19 bits per heavy atom. The Kier molecular flexibility index (Phi) is 7.29. The fraction of sp³-hybridized carbons (Fsp3) is 0.500. The van der Waals surface area contributed by atoms with Crippen LogP contribution in [0.1, 0.15) is 31.2 Å². The van der Waals surface area contributed by atoms with Gasteiger partial charge in [0.2, 0.25) is 5.91 Å². The molecule has 0 aliphatic heterocycles. The highest BCUT2D eigenvalue weighted by molar-refractivity contribution is 5.75. The number of benzene rings is 1. The maximum absolute atomic E-state index is 11.9. The van der Waals surface area contributed by atoms with Crippen molar-refractivity contribution in [1.29, 1.82) is 0 Å². The van der Waals surface area contributed by atoms with Gasteiger partial charge < -0.3 is 14.7 Å². The number of carboxylic acids is 1. The average molecular weight is 293 g/mol. The minimum Gasteiger partial charge on any atom is -0.496 e. The van der Waals surface area contributed by atoms with E-state index >= 15 is 0 Å². The van der Waals surface area contributed by atoms with Crippen LogP contribution in [-0.4, -0.2) is 42.6 Å². The molecule has 0 bridgehead atoms. The number of nitrogens with zero attached hydrogens (tertiary/aromatic N) is 1. The van der Waals surface area contributed by atoms with Gasteiger partial charge in [0.15, 0.2) is 0 Å². The monoisotopic (exact) mass is 293 g/mol. The van der Waals surface area contributed by atoms with E-state index in [1.165, 1.54) is 0 Å². The first-order valence-electron chi connectivity index (χ1n) is 7.12. The van der Waals surface area contributed by atoms with Crippen LogP contribution < -0.4 is 4.74 Å². The standard InChI is InChI=1S/C16H23NO4/c1-17(15(18)9-5-6-10-16(19)20)12-11-13-7-3-4-8-14(13)21-2/h3-4,7-8H,5-6,9-12H2,1-2H3,(H,19,20). The topological polar surface area (TPSA) is 66.8 Å². The number of aliphatic carboxylic acids is 1. The first-order chi connectivity index (χ1) is 10.0. The second kappa shape index (κ2) is 9.00. The zero-order valence-corrected chi connectivity index (χ0v) is 12.7. The summed E-state index contributed by atoms with van der Waals surface area (Å²) in [4.78, 5) is 24.0. The molecule has 0 aliphatic rings. The number of methoxy groups -OCH3 is 1. The number of amides is 1. The number of carbonyl (C=O) groups excluding carboxylic acids is 1. The molecule has 1 rings (SSSR count). The van der Waals surface area contributed by atoms with Gasteiger partial charge in [-0.3, -0.25) is 9.59 Å². The highest BCUT2D eigenvalue weighted by atomic mass is 16.5. The van der Waals surface area contributed by atoms with E-state index in [1.54, 1.807) is 19.1 Å². The van der Waals surface area contributed by atoms with E-state index in [9.17, 15) is 9.59 Å². The first kappa shape index (κ1) is 17.0. The van der Waals surface area contributed by atoms with E-state index in [0.717, 1.165) is 17.7 Å². The number of ether oxygens (including phenoxy) is 1. The Hall–Kier alpha value is -2.04. The minimum atomic E-state index is -0.813. The van der Waals surface area contributed by atoms with Crippen molar-refractivity contribution in [2.24, 2.45) is 0 Å². The van der Waals surface area contributed by atoms with Crippen LogP contribution in [-0.2, 0) is 16.0 Å². The van der Waals surface area contributed by atoms with Gasteiger partial charge >= 0.3 is 5.97 Å². The molecule has 0 aliphatic carbocycles. The summed E-state index contributed by atoms with van der Waals surface area (Å²) in [5, 5.41) is 8.54. The second-order valence-corrected chi connectivity index (χ2v) is 4.98. The molecule has 5 nitrogen and oxygen atoms in total. The van der Waals surface area contributed by atoms with Crippen molar-refractivity contribution in [3.05, 3.63) is 29.8 Å². The fourth-order valence-electron chi connectivity index (χ4n) is 2.07. The lowest BCUT2D eigenvalue weighted by Gasteiger charge is -2.18. The molecule has 5 heteroatoms. The Labute approximate surface area is 125 Å². The molecule has 1 aromatic rings. The molecule has 0 radical (unpaired) electrons. The number of unbranched alkanes of at least 4 members (excludes halogenated alkanes) is 1. The number of para-hydroxylation sites is 1. The van der Waals surface area contributed by atoms with Gasteiger partial charge in [0, 0.05) is 26.4 Å². The lowest BCUT2D eigenvalue weighted by molar-refractivity contribution is -0.137. The highest BCUT2D eigenvalue weighted by Crippen LogP contribution is 2.18. The van der Waals surface area contributed by atoms with Gasteiger partial charge in [0.25, 0.3) is 0 Å². The summed E-state index contributed by atoms with van der Waals surface area (Å²) in [6.07, 6.45) is 2.42. The molecule has 1 amide bonds. The molecule has 0 aromatic heterocycles. The molecule has 21 heavy (non-hydrogen) atoms. The largest absolute Gasteiger partial charge is 0.496 e. The third kappa shape index (κ3) is 6.29. The molecule has 0 fully saturated rings. The maximum atomic E-state index is 11.9. The van der Waals surface area contributed by atoms with Crippen LogP contribution in [0, 0.1) is 0 Å². The van der Waals surface area contributed by atoms with Crippen LogP contribution in [0.5, 0.6) is 5.75 Å². The molecule has 0 saturated carbocycles. The molecular formula is C16H23NO4. The number of carbonyl (C=O) groups is 2. The van der Waals surface area contributed by atoms with Crippen molar-refractivity contribution < 1.29 is 19.4 Å². The number of hydrogen-bond donors (Lipinski definition) is 1. The van der Waals surface area contributed by atoms with Crippen molar-refractivity contribution in [3.8, 4) is 5.75 Å². The second-order valence-electron chi connectivity index (χ2n) is 4.98. The van der Waals surface area contributed by atoms with Gasteiger partial charge in [-0.2, -0.15) is 0 Å². The van der Waals surface area contributed by atoms with Crippen LogP contribution in [0.15, 0.2) is 24.3 Å². The number of likely N-dealkylation sites (N-methyl/N-ethyl adjacent to an activating group) is 1. The summed E-state index contributed by atoms with van der Waals surface area (Å²) < 4.78 is 5.28. The van der Waals surface area contributed by atoms with Crippen LogP contribution in [0.2, 0.25) is 0 Å². The third-order valence-electron chi connectivity index (χ3n) is 3.37. The van der Waals surface area contributed by atoms with Crippen molar-refractivity contribution >= 4 is 11.9 Å². The highest BCUT2D eigenvalue weighted by Gasteiger charge is 2.10. The zero-order valence-electron chi connectivity index (χ0n) is 12.7. The van der Waals surface area contributed by atoms with Crippen molar-refractivity contribution in [2.45, 2.75) is 32.1 Å². The van der Waals surface area contributed by atoms with Crippen molar-refractivity contribution in [3.63, 3.8) is 0 Å². The van der Waals surface area contributed by atoms with Gasteiger partial charge in [-0.1, -0.05) is 18.2 Å². The van der Waals surface area contributed by atoms with Gasteiger partial charge in [-0.15, -0.1) is 0 Å². The molecule has 0 heterocycles. The maximum Gasteiger partial charge on any atom is 0.303 e. The van der Waals surface area contributed by atoms with Crippen LogP contribution in [0.3, 0.4) is 0 Å². The lowest BCUT2D eigenvalue weighted by atomic mass is 10.1. The molecular weight excluding hydrogens is 270 g/mol. The summed E-state index contributed by atoms with van der Waals surface area (Å²) in [6.45, 7) is 0.623. The lowest BCUT2D eigenvalue weighted by Crippen LogP contribution is -2.28. The number of rotatable bonds is 9. The number of carboxylic acid groups (broad SMARTS) is 1. The third-order valence-corrected chi connectivity index (χ3v) is 3.37. The fourth-order valence-corrected chi connectivity index (χ4v) is 2.07. The number of hydrogen-bond acceptors (Lipinski definition) is 3. The minimum absolute atomic E-state index is 0.0512. The Bertz CT molecular complexity index is 473. The summed E-state index contributed by atoms with van der Waals surface area (Å²) >= 11 is 0. The predicted molar refractivity (Wildman–Crippen MR) is 80.4 cm³/mol. The van der Waals surface area contributed by atoms with E-state index in [0.29, 0.717) is 25.8 Å². The van der Waals surface area contributed by atoms with Crippen molar-refractivity contribution in [2.75, 3.05) is 20.7 Å². The van der Waals surface area contributed by atoms with Gasteiger partial charge in [0.1, 0.15) is 5.75 Å². The van der Waals surface area contributed by atoms with Crippen LogP contribution >= 0.6 is 0 Å². The molecule has 0 unspecified atom stereocenters. The molecule has 116 valence electrons. The molecule has 1 N–H and O–H groups in total. The normalized spacial score (nSPS) is 10.2. The summed E-state index contributed by atoms with van der Waals surface area (Å²) in [5.74, 6) is 0.0714. The van der Waals surface area contributed by atoms with Gasteiger partial charge in [0.05, 0.1) is 7.11 Å². The van der Waals surface area contributed by atoms with Crippen LogP contribution in [0.4, 0.5) is 0 Å². The molecule has 1 aromatic carbocycles. The zero-order chi connectivity index (χ0) is 15.7. The summed E-state index contributed by atoms with van der Waals surface area (Å²) in [5.41, 5.74) is 1.07. The predicted octanol–water partition coefficient (Wildman–Crippen LogP) is 2.34. The SMILES string of the molecule is COc1ccccc1CCN(C)C(=O)CCCCC(=O)O. The summed E-state index contributed by atoms with van der Waals surface area (Å²) in [7, 11) is 3.41. The quantitative estimate of drug-likeness (QED) is 0.710. The van der Waals surface area contributed by atoms with Crippen LogP contribution in [0.25, 0.3) is 0 Å². The van der Waals surface area contributed by atoms with Gasteiger partial charge in [-0.25, -0.2) is 0 Å². The Balaban J connectivity index is 2.33. The summed E-state index contributed by atoms with van der Waals surface area (Å²) in [6, 6.07) is 7.76. The molecule has 0 spiro atoms. The van der Waals surface area contributed by atoms with E-state index in [1.807, 2.05) is 24.3 Å². The van der Waals surface area contributed by atoms with E-state index < -0.39 is 5.97 Å². The molecule has 0 atom stereocenters. The van der Waals surface area contributed by atoms with Crippen molar-refractivity contribution in [1.82, 2.24) is 4.90 Å². The van der Waals surface area contributed by atoms with E-state index in [4.69, 9.17) is 9.84 Å². The van der Waals surface area contributed by atoms with Gasteiger partial charge in [-0.05, 0) is 30.9 Å². The van der Waals surface area contributed by atoms with E-state index in [-0.39, 0.29) is 12.3 Å². The first-order valence-corrected chi connectivity index (χ1v) is 7.12.